The number of carbonyl (C=O) groups is 1. The Kier molecular flexibility index (Phi) is 1.34. The van der Waals surface area contributed by atoms with Crippen LogP contribution >= 0.6 is 0 Å². The van der Waals surface area contributed by atoms with Crippen LogP contribution < -0.4 is 10.8 Å². The normalized spacial score (nSPS) is 28.6. The van der Waals surface area contributed by atoms with E-state index in [-0.39, 0.29) is 12.1 Å². The maximum absolute atomic E-state index is 10.3. The number of nitrogens with one attached hydrogen (secondary N) is 2. The van der Waals surface area contributed by atoms with Crippen molar-refractivity contribution in [1.82, 2.24) is 10.8 Å². The molecule has 4 heteroatoms. The van der Waals surface area contributed by atoms with Gasteiger partial charge >= 0.3 is 6.03 Å². The van der Waals surface area contributed by atoms with Crippen LogP contribution in [-0.2, 0) is 4.84 Å². The zero-order chi connectivity index (χ0) is 5.98. The number of urea groups is 1. The second kappa shape index (κ2) is 2.00. The molecule has 0 saturated carbocycles. The van der Waals surface area contributed by atoms with Crippen molar-refractivity contribution in [2.24, 2.45) is 0 Å². The van der Waals surface area contributed by atoms with Crippen LogP contribution in [0.25, 0.3) is 0 Å². The van der Waals surface area contributed by atoms with Crippen LogP contribution in [0.3, 0.4) is 0 Å². The van der Waals surface area contributed by atoms with Gasteiger partial charge in [0.05, 0.1) is 0 Å². The highest BCUT2D eigenvalue weighted by atomic mass is 16.7. The Hall–Kier alpha value is -0.770. The third-order valence-electron chi connectivity index (χ3n) is 0.903. The molecule has 0 spiro atoms. The van der Waals surface area contributed by atoms with E-state index in [9.17, 15) is 4.79 Å². The van der Waals surface area contributed by atoms with E-state index in [0.717, 1.165) is 0 Å². The predicted octanol–water partition coefficient (Wildman–Crippen LogP) is -0.381. The minimum absolute atomic E-state index is 0.0766. The fraction of sp³-hybridized carbons (Fsp3) is 0.750. The van der Waals surface area contributed by atoms with Crippen molar-refractivity contribution in [1.29, 1.82) is 0 Å². The van der Waals surface area contributed by atoms with Crippen LogP contribution in [-0.4, -0.2) is 18.7 Å². The van der Waals surface area contributed by atoms with Gasteiger partial charge in [-0.1, -0.05) is 0 Å². The van der Waals surface area contributed by atoms with Crippen molar-refractivity contribution in [3.8, 4) is 0 Å². The second-order valence-corrected chi connectivity index (χ2v) is 1.74. The van der Waals surface area contributed by atoms with Gasteiger partial charge in [-0.3, -0.25) is 4.84 Å². The van der Waals surface area contributed by atoms with Crippen LogP contribution in [0.1, 0.15) is 6.92 Å². The molecule has 4 nitrogen and oxygen atoms in total. The Morgan fingerprint density at radius 2 is 2.62 bits per heavy atom. The minimum Gasteiger partial charge on any atom is -0.334 e. The minimum atomic E-state index is -0.261. The lowest BCUT2D eigenvalue weighted by atomic mass is 10.4. The molecule has 2 amide bonds. The van der Waals surface area contributed by atoms with Gasteiger partial charge < -0.3 is 5.32 Å². The standard InChI is InChI=1S/C4H8N2O2/c1-3-2-5-4(7)6-8-3/h3H,2H2,1H3,(H2,5,6,7). The van der Waals surface area contributed by atoms with Crippen LogP contribution in [0.4, 0.5) is 4.79 Å². The molecule has 1 fully saturated rings. The van der Waals surface area contributed by atoms with E-state index < -0.39 is 0 Å². The molecular weight excluding hydrogens is 108 g/mol. The molecular formula is C4H8N2O2. The topological polar surface area (TPSA) is 50.4 Å². The van der Waals surface area contributed by atoms with Crippen molar-refractivity contribution in [2.75, 3.05) is 6.54 Å². The largest absolute Gasteiger partial charge is 0.338 e. The molecule has 1 atom stereocenters. The van der Waals surface area contributed by atoms with Gasteiger partial charge in [-0.2, -0.15) is 0 Å². The highest BCUT2D eigenvalue weighted by Gasteiger charge is 2.11. The van der Waals surface area contributed by atoms with Crippen LogP contribution in [0.2, 0.25) is 0 Å². The monoisotopic (exact) mass is 116 g/mol. The van der Waals surface area contributed by atoms with Crippen molar-refractivity contribution >= 4 is 6.03 Å². The second-order valence-electron chi connectivity index (χ2n) is 1.74. The molecule has 1 rings (SSSR count). The predicted molar refractivity (Wildman–Crippen MR) is 27.1 cm³/mol. The Morgan fingerprint density at radius 1 is 1.88 bits per heavy atom. The van der Waals surface area contributed by atoms with E-state index in [1.54, 1.807) is 0 Å². The summed E-state index contributed by atoms with van der Waals surface area (Å²) < 4.78 is 0. The molecule has 2 N–H and O–H groups in total. The lowest BCUT2D eigenvalue weighted by Gasteiger charge is -2.19. The molecule has 0 radical (unpaired) electrons. The summed E-state index contributed by atoms with van der Waals surface area (Å²) in [6, 6.07) is -0.261. The summed E-state index contributed by atoms with van der Waals surface area (Å²) in [5.41, 5.74) is 2.18. The smallest absolute Gasteiger partial charge is 0.334 e. The fourth-order valence-electron chi connectivity index (χ4n) is 0.468. The Balaban J connectivity index is 2.29. The van der Waals surface area contributed by atoms with Gasteiger partial charge in [0.1, 0.15) is 6.10 Å². The third-order valence-corrected chi connectivity index (χ3v) is 0.903. The first kappa shape index (κ1) is 5.37. The Labute approximate surface area is 47.2 Å². The molecule has 0 aliphatic carbocycles. The zero-order valence-electron chi connectivity index (χ0n) is 4.60. The summed E-state index contributed by atoms with van der Waals surface area (Å²) in [4.78, 5) is 15.0. The molecule has 0 bridgehead atoms. The zero-order valence-corrected chi connectivity index (χ0v) is 4.60. The van der Waals surface area contributed by atoms with Crippen molar-refractivity contribution in [3.63, 3.8) is 0 Å². The highest BCUT2D eigenvalue weighted by molar-refractivity contribution is 5.73. The van der Waals surface area contributed by atoms with E-state index >= 15 is 0 Å². The quantitative estimate of drug-likeness (QED) is 0.453. The third kappa shape index (κ3) is 1.10. The average molecular weight is 116 g/mol. The van der Waals surface area contributed by atoms with E-state index in [0.29, 0.717) is 6.54 Å². The summed E-state index contributed by atoms with van der Waals surface area (Å²) in [5, 5.41) is 2.56. The molecule has 1 unspecified atom stereocenters. The van der Waals surface area contributed by atoms with Crippen molar-refractivity contribution in [3.05, 3.63) is 0 Å². The number of amides is 2. The first-order valence-corrected chi connectivity index (χ1v) is 2.48. The molecule has 1 aliphatic heterocycles. The molecule has 1 aliphatic rings. The summed E-state index contributed by atoms with van der Waals surface area (Å²) in [6.07, 6.45) is 0.0766. The Morgan fingerprint density at radius 3 is 3.00 bits per heavy atom. The molecule has 0 aromatic heterocycles. The Bertz CT molecular complexity index is 94.2. The van der Waals surface area contributed by atoms with Gasteiger partial charge in [-0.25, -0.2) is 10.3 Å². The maximum Gasteiger partial charge on any atom is 0.338 e. The molecule has 0 aromatic carbocycles. The van der Waals surface area contributed by atoms with Crippen molar-refractivity contribution < 1.29 is 9.63 Å². The van der Waals surface area contributed by atoms with Gasteiger partial charge in [0.15, 0.2) is 0 Å². The molecule has 1 saturated heterocycles. The summed E-state index contributed by atoms with van der Waals surface area (Å²) in [6.45, 7) is 2.46. The van der Waals surface area contributed by atoms with Gasteiger partial charge in [-0.15, -0.1) is 0 Å². The number of hydrogen-bond donors (Lipinski definition) is 2. The summed E-state index contributed by atoms with van der Waals surface area (Å²) in [5.74, 6) is 0. The number of rotatable bonds is 0. The first-order valence-electron chi connectivity index (χ1n) is 2.48. The maximum atomic E-state index is 10.3. The lowest BCUT2D eigenvalue weighted by molar-refractivity contribution is -0.0105. The van der Waals surface area contributed by atoms with Gasteiger partial charge in [0, 0.05) is 6.54 Å². The summed E-state index contributed by atoms with van der Waals surface area (Å²) >= 11 is 0. The first-order chi connectivity index (χ1) is 3.79. The van der Waals surface area contributed by atoms with Gasteiger partial charge in [0.25, 0.3) is 0 Å². The summed E-state index contributed by atoms with van der Waals surface area (Å²) in [7, 11) is 0. The van der Waals surface area contributed by atoms with Gasteiger partial charge in [-0.05, 0) is 6.92 Å². The highest BCUT2D eigenvalue weighted by Crippen LogP contribution is 1.88. The average Bonchev–Trinajstić information content (AvgIpc) is 1.77. The van der Waals surface area contributed by atoms with E-state index in [4.69, 9.17) is 4.84 Å². The van der Waals surface area contributed by atoms with Crippen LogP contribution in [0.5, 0.6) is 0 Å². The number of hydroxylamine groups is 1. The van der Waals surface area contributed by atoms with E-state index in [1.807, 2.05) is 6.92 Å². The molecule has 0 aromatic rings. The molecule has 1 heterocycles. The van der Waals surface area contributed by atoms with Crippen LogP contribution in [0, 0.1) is 0 Å². The number of hydrogen-bond acceptors (Lipinski definition) is 2. The molecule has 8 heavy (non-hydrogen) atoms. The van der Waals surface area contributed by atoms with E-state index in [2.05, 4.69) is 10.8 Å². The van der Waals surface area contributed by atoms with Crippen molar-refractivity contribution in [2.45, 2.75) is 13.0 Å². The fourth-order valence-corrected chi connectivity index (χ4v) is 0.468. The van der Waals surface area contributed by atoms with Crippen LogP contribution in [0.15, 0.2) is 0 Å². The molecule has 46 valence electrons. The van der Waals surface area contributed by atoms with Gasteiger partial charge in [0.2, 0.25) is 0 Å². The van der Waals surface area contributed by atoms with E-state index in [1.165, 1.54) is 0 Å². The number of carbonyl (C=O) groups excluding carboxylic acids is 1. The lowest BCUT2D eigenvalue weighted by Crippen LogP contribution is -2.48. The SMILES string of the molecule is CC1CNC(=O)NO1.